The topological polar surface area (TPSA) is 38.8 Å². The molecule has 2 rings (SSSR count). The van der Waals surface area contributed by atoms with Crippen LogP contribution in [-0.4, -0.2) is 29.7 Å². The highest BCUT2D eigenvalue weighted by Crippen LogP contribution is 2.32. The maximum absolute atomic E-state index is 12.3. The minimum absolute atomic E-state index is 0.195. The zero-order valence-electron chi connectivity index (χ0n) is 13.2. The number of carbonyl (C=O) groups excluding carboxylic acids is 1. The van der Waals surface area contributed by atoms with Crippen LogP contribution in [0.25, 0.3) is 0 Å². The van der Waals surface area contributed by atoms with Gasteiger partial charge in [-0.25, -0.2) is 4.79 Å². The van der Waals surface area contributed by atoms with Gasteiger partial charge in [0, 0.05) is 6.04 Å². The second-order valence-corrected chi connectivity index (χ2v) is 5.95. The van der Waals surface area contributed by atoms with Crippen molar-refractivity contribution in [3.8, 4) is 0 Å². The van der Waals surface area contributed by atoms with Crippen LogP contribution in [0.15, 0.2) is 30.3 Å². The van der Waals surface area contributed by atoms with Gasteiger partial charge >= 0.3 is 5.97 Å². The van der Waals surface area contributed by atoms with Crippen molar-refractivity contribution in [2.45, 2.75) is 57.7 Å². The monoisotopic (exact) mass is 291 g/mol. The smallest absolute Gasteiger partial charge is 0.328 e. The molecular weight excluding hydrogens is 266 g/mol. The minimum atomic E-state index is -0.709. The molecule has 1 heterocycles. The number of rotatable bonds is 4. The first-order valence-corrected chi connectivity index (χ1v) is 7.62. The number of benzene rings is 1. The summed E-state index contributed by atoms with van der Waals surface area (Å²) in [4.78, 5) is 18.3. The van der Waals surface area contributed by atoms with E-state index in [-0.39, 0.29) is 12.0 Å². The van der Waals surface area contributed by atoms with E-state index in [4.69, 9.17) is 9.57 Å². The molecule has 1 aliphatic heterocycles. The maximum Gasteiger partial charge on any atom is 0.328 e. The SMILES string of the molecule is COC(=O)C1(C)CCCCC(C)N1OCc1ccccc1. The maximum atomic E-state index is 12.3. The minimum Gasteiger partial charge on any atom is -0.468 e. The number of hydroxylamine groups is 2. The van der Waals surface area contributed by atoms with Crippen LogP contribution in [0.4, 0.5) is 0 Å². The lowest BCUT2D eigenvalue weighted by molar-refractivity contribution is -0.251. The van der Waals surface area contributed by atoms with Crippen molar-refractivity contribution in [3.63, 3.8) is 0 Å². The highest BCUT2D eigenvalue weighted by Gasteiger charge is 2.45. The summed E-state index contributed by atoms with van der Waals surface area (Å²) in [6.45, 7) is 4.50. The van der Waals surface area contributed by atoms with Crippen LogP contribution >= 0.6 is 0 Å². The van der Waals surface area contributed by atoms with E-state index in [1.165, 1.54) is 7.11 Å². The number of hydrogen-bond donors (Lipinski definition) is 0. The Bertz CT molecular complexity index is 462. The molecule has 1 fully saturated rings. The number of nitrogens with zero attached hydrogens (tertiary/aromatic N) is 1. The van der Waals surface area contributed by atoms with Gasteiger partial charge in [0.15, 0.2) is 0 Å². The first-order valence-electron chi connectivity index (χ1n) is 7.62. The van der Waals surface area contributed by atoms with E-state index in [0.717, 1.165) is 31.2 Å². The van der Waals surface area contributed by atoms with Gasteiger partial charge in [-0.2, -0.15) is 5.06 Å². The lowest BCUT2D eigenvalue weighted by Gasteiger charge is -2.39. The van der Waals surface area contributed by atoms with Gasteiger partial charge in [0.1, 0.15) is 5.54 Å². The molecule has 0 N–H and O–H groups in total. The summed E-state index contributed by atoms with van der Waals surface area (Å²) in [5.74, 6) is -0.218. The molecule has 4 nitrogen and oxygen atoms in total. The van der Waals surface area contributed by atoms with Crippen LogP contribution < -0.4 is 0 Å². The fourth-order valence-corrected chi connectivity index (χ4v) is 3.02. The van der Waals surface area contributed by atoms with Crippen LogP contribution in [0.5, 0.6) is 0 Å². The Labute approximate surface area is 127 Å². The zero-order valence-corrected chi connectivity index (χ0v) is 13.2. The first kappa shape index (κ1) is 16.0. The van der Waals surface area contributed by atoms with Crippen molar-refractivity contribution in [2.75, 3.05) is 7.11 Å². The molecule has 1 saturated heterocycles. The van der Waals surface area contributed by atoms with Gasteiger partial charge in [0.25, 0.3) is 0 Å². The molecule has 0 saturated carbocycles. The fraction of sp³-hybridized carbons (Fsp3) is 0.588. The number of esters is 1. The van der Waals surface area contributed by atoms with Gasteiger partial charge in [-0.05, 0) is 32.3 Å². The van der Waals surface area contributed by atoms with Crippen molar-refractivity contribution in [3.05, 3.63) is 35.9 Å². The van der Waals surface area contributed by atoms with Gasteiger partial charge in [-0.3, -0.25) is 4.84 Å². The Morgan fingerprint density at radius 1 is 1.33 bits per heavy atom. The summed E-state index contributed by atoms with van der Waals surface area (Å²) < 4.78 is 5.02. The molecule has 0 aromatic heterocycles. The fourth-order valence-electron chi connectivity index (χ4n) is 3.02. The third-order valence-electron chi connectivity index (χ3n) is 4.26. The molecule has 2 atom stereocenters. The van der Waals surface area contributed by atoms with Crippen molar-refractivity contribution in [1.29, 1.82) is 0 Å². The van der Waals surface area contributed by atoms with E-state index in [9.17, 15) is 4.79 Å². The summed E-state index contributed by atoms with van der Waals surface area (Å²) in [6, 6.07) is 10.2. The van der Waals surface area contributed by atoms with E-state index in [1.807, 2.05) is 42.3 Å². The number of carbonyl (C=O) groups is 1. The predicted molar refractivity (Wildman–Crippen MR) is 81.4 cm³/mol. The molecular formula is C17H25NO3. The van der Waals surface area contributed by atoms with Gasteiger partial charge in [-0.15, -0.1) is 0 Å². The lowest BCUT2D eigenvalue weighted by atomic mass is 9.95. The highest BCUT2D eigenvalue weighted by molar-refractivity contribution is 5.80. The van der Waals surface area contributed by atoms with E-state index in [1.54, 1.807) is 0 Å². The summed E-state index contributed by atoms with van der Waals surface area (Å²) in [7, 11) is 1.44. The van der Waals surface area contributed by atoms with Gasteiger partial charge in [-0.1, -0.05) is 43.2 Å². The summed E-state index contributed by atoms with van der Waals surface area (Å²) in [5.41, 5.74) is 0.389. The van der Waals surface area contributed by atoms with Crippen LogP contribution in [0, 0.1) is 0 Å². The van der Waals surface area contributed by atoms with Crippen LogP contribution in [-0.2, 0) is 21.0 Å². The van der Waals surface area contributed by atoms with Gasteiger partial charge < -0.3 is 4.74 Å². The van der Waals surface area contributed by atoms with Crippen LogP contribution in [0.2, 0.25) is 0 Å². The highest BCUT2D eigenvalue weighted by atomic mass is 16.7. The third kappa shape index (κ3) is 3.63. The molecule has 116 valence electrons. The third-order valence-corrected chi connectivity index (χ3v) is 4.26. The van der Waals surface area contributed by atoms with Gasteiger partial charge in [0.05, 0.1) is 13.7 Å². The summed E-state index contributed by atoms with van der Waals surface area (Å²) in [5, 5.41) is 1.86. The zero-order chi connectivity index (χ0) is 15.3. The molecule has 0 bridgehead atoms. The quantitative estimate of drug-likeness (QED) is 0.798. The molecule has 1 aromatic rings. The standard InChI is InChI=1S/C17H25NO3/c1-14-9-7-8-12-17(2,16(19)20-3)18(14)21-13-15-10-5-4-6-11-15/h4-6,10-11,14H,7-9,12-13H2,1-3H3. The molecule has 0 amide bonds. The van der Waals surface area contributed by atoms with Crippen molar-refractivity contribution >= 4 is 5.97 Å². The molecule has 2 unspecified atom stereocenters. The van der Waals surface area contributed by atoms with E-state index >= 15 is 0 Å². The van der Waals surface area contributed by atoms with Gasteiger partial charge in [0.2, 0.25) is 0 Å². The van der Waals surface area contributed by atoms with Crippen LogP contribution in [0.3, 0.4) is 0 Å². The number of methoxy groups -OCH3 is 1. The Morgan fingerprint density at radius 2 is 2.05 bits per heavy atom. The van der Waals surface area contributed by atoms with Crippen molar-refractivity contribution < 1.29 is 14.4 Å². The largest absolute Gasteiger partial charge is 0.468 e. The lowest BCUT2D eigenvalue weighted by Crippen LogP contribution is -2.55. The summed E-state index contributed by atoms with van der Waals surface area (Å²) >= 11 is 0. The van der Waals surface area contributed by atoms with E-state index in [2.05, 4.69) is 6.92 Å². The molecule has 21 heavy (non-hydrogen) atoms. The Kier molecular flexibility index (Phi) is 5.37. The molecule has 4 heteroatoms. The predicted octanol–water partition coefficient (Wildman–Crippen LogP) is 3.31. The Balaban J connectivity index is 2.15. The number of ether oxygens (including phenoxy) is 1. The first-order chi connectivity index (χ1) is 10.1. The average molecular weight is 291 g/mol. The molecule has 1 aromatic carbocycles. The van der Waals surface area contributed by atoms with Crippen molar-refractivity contribution in [2.24, 2.45) is 0 Å². The average Bonchev–Trinajstić information content (AvgIpc) is 2.65. The number of hydrogen-bond acceptors (Lipinski definition) is 4. The van der Waals surface area contributed by atoms with Crippen molar-refractivity contribution in [1.82, 2.24) is 5.06 Å². The molecule has 0 aliphatic carbocycles. The second-order valence-electron chi connectivity index (χ2n) is 5.95. The van der Waals surface area contributed by atoms with E-state index < -0.39 is 5.54 Å². The molecule has 0 radical (unpaired) electrons. The van der Waals surface area contributed by atoms with Crippen LogP contribution in [0.1, 0.15) is 45.1 Å². The Morgan fingerprint density at radius 3 is 2.71 bits per heavy atom. The Hall–Kier alpha value is -1.39. The molecule has 0 spiro atoms. The van der Waals surface area contributed by atoms with E-state index in [0.29, 0.717) is 6.61 Å². The molecule has 1 aliphatic rings. The normalized spacial score (nSPS) is 27.1. The second kappa shape index (κ2) is 7.05. The summed E-state index contributed by atoms with van der Waals surface area (Å²) in [6.07, 6.45) is 3.92.